The largest absolute Gasteiger partial charge is 0.494 e. The van der Waals surface area contributed by atoms with Crippen molar-refractivity contribution in [3.05, 3.63) is 63.6 Å². The molecule has 2 nitrogen and oxygen atoms in total. The molecule has 2 aromatic carbocycles. The minimum Gasteiger partial charge on any atom is -0.494 e. The SMILES string of the molecule is CCCOc1cccc(C(O)Cc2c(Cl)cccc2Cl)c1. The number of benzene rings is 2. The monoisotopic (exact) mass is 324 g/mol. The molecule has 0 fully saturated rings. The summed E-state index contributed by atoms with van der Waals surface area (Å²) in [4.78, 5) is 0. The van der Waals surface area contributed by atoms with Gasteiger partial charge in [-0.3, -0.25) is 0 Å². The number of hydrogen-bond acceptors (Lipinski definition) is 2. The van der Waals surface area contributed by atoms with E-state index in [1.54, 1.807) is 18.2 Å². The van der Waals surface area contributed by atoms with E-state index >= 15 is 0 Å². The quantitative estimate of drug-likeness (QED) is 0.804. The molecule has 4 heteroatoms. The average Bonchev–Trinajstić information content (AvgIpc) is 2.49. The van der Waals surface area contributed by atoms with Crippen molar-refractivity contribution in [2.24, 2.45) is 0 Å². The first-order valence-corrected chi connectivity index (χ1v) is 7.71. The molecule has 0 aliphatic carbocycles. The first-order valence-electron chi connectivity index (χ1n) is 6.95. The Bertz CT molecular complexity index is 579. The zero-order chi connectivity index (χ0) is 15.2. The van der Waals surface area contributed by atoms with Gasteiger partial charge in [0, 0.05) is 16.5 Å². The van der Waals surface area contributed by atoms with Gasteiger partial charge in [0.1, 0.15) is 5.75 Å². The van der Waals surface area contributed by atoms with Crippen molar-refractivity contribution in [3.8, 4) is 5.75 Å². The van der Waals surface area contributed by atoms with Crippen LogP contribution in [0.3, 0.4) is 0 Å². The summed E-state index contributed by atoms with van der Waals surface area (Å²) < 4.78 is 5.58. The predicted octanol–water partition coefficient (Wildman–Crippen LogP) is 5.06. The molecule has 21 heavy (non-hydrogen) atoms. The van der Waals surface area contributed by atoms with Gasteiger partial charge in [-0.1, -0.05) is 48.3 Å². The number of ether oxygens (including phenoxy) is 1. The molecule has 0 spiro atoms. The zero-order valence-electron chi connectivity index (χ0n) is 11.9. The lowest BCUT2D eigenvalue weighted by Crippen LogP contribution is -2.04. The van der Waals surface area contributed by atoms with E-state index in [0.29, 0.717) is 23.1 Å². The molecular formula is C17H18Cl2O2. The average molecular weight is 325 g/mol. The number of halogens is 2. The molecule has 1 atom stereocenters. The maximum atomic E-state index is 10.4. The van der Waals surface area contributed by atoms with E-state index in [0.717, 1.165) is 23.3 Å². The molecule has 0 bridgehead atoms. The summed E-state index contributed by atoms with van der Waals surface area (Å²) >= 11 is 12.3. The lowest BCUT2D eigenvalue weighted by Gasteiger charge is -2.14. The van der Waals surface area contributed by atoms with Crippen LogP contribution in [0.5, 0.6) is 5.75 Å². The predicted molar refractivity (Wildman–Crippen MR) is 87.4 cm³/mol. The minimum absolute atomic E-state index is 0.371. The van der Waals surface area contributed by atoms with Gasteiger partial charge in [0.15, 0.2) is 0 Å². The Morgan fingerprint density at radius 2 is 1.76 bits per heavy atom. The van der Waals surface area contributed by atoms with Crippen molar-refractivity contribution in [1.29, 1.82) is 0 Å². The fraction of sp³-hybridized carbons (Fsp3) is 0.294. The van der Waals surface area contributed by atoms with Crippen LogP contribution < -0.4 is 4.74 Å². The summed E-state index contributed by atoms with van der Waals surface area (Å²) in [5.41, 5.74) is 1.55. The Labute approximate surface area is 135 Å². The highest BCUT2D eigenvalue weighted by Crippen LogP contribution is 2.30. The second-order valence-electron chi connectivity index (χ2n) is 4.84. The summed E-state index contributed by atoms with van der Waals surface area (Å²) in [5.74, 6) is 0.763. The number of aliphatic hydroxyl groups is 1. The smallest absolute Gasteiger partial charge is 0.119 e. The lowest BCUT2D eigenvalue weighted by molar-refractivity contribution is 0.178. The zero-order valence-corrected chi connectivity index (χ0v) is 13.4. The standard InChI is InChI=1S/C17H18Cl2O2/c1-2-9-21-13-6-3-5-12(10-13)17(20)11-14-15(18)7-4-8-16(14)19/h3-8,10,17,20H,2,9,11H2,1H3. The van der Waals surface area contributed by atoms with Gasteiger partial charge in [-0.2, -0.15) is 0 Å². The van der Waals surface area contributed by atoms with Crippen LogP contribution in [0, 0.1) is 0 Å². The van der Waals surface area contributed by atoms with Gasteiger partial charge in [0.05, 0.1) is 12.7 Å². The van der Waals surface area contributed by atoms with Crippen LogP contribution in [0.4, 0.5) is 0 Å². The molecule has 0 amide bonds. The topological polar surface area (TPSA) is 29.5 Å². The fourth-order valence-electron chi connectivity index (χ4n) is 2.07. The first-order chi connectivity index (χ1) is 10.1. The van der Waals surface area contributed by atoms with Crippen molar-refractivity contribution < 1.29 is 9.84 Å². The molecule has 1 N–H and O–H groups in total. The number of hydrogen-bond donors (Lipinski definition) is 1. The maximum Gasteiger partial charge on any atom is 0.119 e. The molecule has 0 saturated carbocycles. The lowest BCUT2D eigenvalue weighted by atomic mass is 10.0. The molecule has 0 heterocycles. The normalized spacial score (nSPS) is 12.2. The molecule has 2 aromatic rings. The van der Waals surface area contributed by atoms with E-state index in [4.69, 9.17) is 27.9 Å². The van der Waals surface area contributed by atoms with Gasteiger partial charge in [0.2, 0.25) is 0 Å². The molecular weight excluding hydrogens is 307 g/mol. The van der Waals surface area contributed by atoms with Crippen LogP contribution in [-0.2, 0) is 6.42 Å². The summed E-state index contributed by atoms with van der Waals surface area (Å²) in [6, 6.07) is 12.8. The van der Waals surface area contributed by atoms with Crippen molar-refractivity contribution in [2.45, 2.75) is 25.9 Å². The van der Waals surface area contributed by atoms with Crippen molar-refractivity contribution in [1.82, 2.24) is 0 Å². The molecule has 112 valence electrons. The molecule has 1 unspecified atom stereocenters. The van der Waals surface area contributed by atoms with E-state index in [9.17, 15) is 5.11 Å². The van der Waals surface area contributed by atoms with Crippen LogP contribution in [0.2, 0.25) is 10.0 Å². The van der Waals surface area contributed by atoms with E-state index in [-0.39, 0.29) is 0 Å². The molecule has 0 radical (unpaired) electrons. The number of rotatable bonds is 6. The van der Waals surface area contributed by atoms with E-state index in [1.807, 2.05) is 24.3 Å². The summed E-state index contributed by atoms with van der Waals surface area (Å²) in [6.07, 6.45) is 0.644. The third-order valence-corrected chi connectivity index (χ3v) is 3.88. The molecule has 0 aromatic heterocycles. The van der Waals surface area contributed by atoms with E-state index in [1.165, 1.54) is 0 Å². The summed E-state index contributed by atoms with van der Waals surface area (Å²) in [6.45, 7) is 2.72. The van der Waals surface area contributed by atoms with E-state index in [2.05, 4.69) is 6.92 Å². The second-order valence-corrected chi connectivity index (χ2v) is 5.66. The van der Waals surface area contributed by atoms with Crippen LogP contribution in [-0.4, -0.2) is 11.7 Å². The van der Waals surface area contributed by atoms with Gasteiger partial charge in [0.25, 0.3) is 0 Å². The first kappa shape index (κ1) is 16.2. The summed E-state index contributed by atoms with van der Waals surface area (Å²) in [5, 5.41) is 11.5. The Kier molecular flexibility index (Phi) is 5.92. The van der Waals surface area contributed by atoms with Crippen LogP contribution in [0.15, 0.2) is 42.5 Å². The Morgan fingerprint density at radius 3 is 2.43 bits per heavy atom. The molecule has 0 aliphatic rings. The maximum absolute atomic E-state index is 10.4. The summed E-state index contributed by atoms with van der Waals surface area (Å²) in [7, 11) is 0. The van der Waals surface area contributed by atoms with Crippen LogP contribution in [0.25, 0.3) is 0 Å². The van der Waals surface area contributed by atoms with E-state index < -0.39 is 6.10 Å². The highest BCUT2D eigenvalue weighted by molar-refractivity contribution is 6.36. The van der Waals surface area contributed by atoms with Gasteiger partial charge >= 0.3 is 0 Å². The molecule has 0 saturated heterocycles. The second kappa shape index (κ2) is 7.69. The Morgan fingerprint density at radius 1 is 1.10 bits per heavy atom. The molecule has 0 aliphatic heterocycles. The molecule has 2 rings (SSSR count). The highest BCUT2D eigenvalue weighted by atomic mass is 35.5. The minimum atomic E-state index is -0.674. The van der Waals surface area contributed by atoms with Crippen LogP contribution >= 0.6 is 23.2 Å². The fourth-order valence-corrected chi connectivity index (χ4v) is 2.62. The highest BCUT2D eigenvalue weighted by Gasteiger charge is 2.14. The Hall–Kier alpha value is -1.22. The third-order valence-electron chi connectivity index (χ3n) is 3.17. The third kappa shape index (κ3) is 4.37. The van der Waals surface area contributed by atoms with Crippen molar-refractivity contribution >= 4 is 23.2 Å². The van der Waals surface area contributed by atoms with Crippen molar-refractivity contribution in [3.63, 3.8) is 0 Å². The number of aliphatic hydroxyl groups excluding tert-OH is 1. The van der Waals surface area contributed by atoms with Gasteiger partial charge in [-0.25, -0.2) is 0 Å². The van der Waals surface area contributed by atoms with Gasteiger partial charge in [-0.15, -0.1) is 0 Å². The van der Waals surface area contributed by atoms with Crippen LogP contribution in [0.1, 0.15) is 30.6 Å². The van der Waals surface area contributed by atoms with Crippen molar-refractivity contribution in [2.75, 3.05) is 6.61 Å². The van der Waals surface area contributed by atoms with Gasteiger partial charge < -0.3 is 9.84 Å². The Balaban J connectivity index is 2.14. The van der Waals surface area contributed by atoms with Gasteiger partial charge in [-0.05, 0) is 41.8 Å².